The number of ether oxygens (including phenoxy) is 1. The molecule has 0 radical (unpaired) electrons. The van der Waals surface area contributed by atoms with Gasteiger partial charge in [-0.3, -0.25) is 4.79 Å². The number of rotatable bonds is 4. The topological polar surface area (TPSA) is 114 Å². The van der Waals surface area contributed by atoms with Crippen molar-refractivity contribution in [3.05, 3.63) is 58.4 Å². The predicted molar refractivity (Wildman–Crippen MR) is 118 cm³/mol. The first-order valence-electron chi connectivity index (χ1n) is 10.1. The van der Waals surface area contributed by atoms with Crippen molar-refractivity contribution in [2.45, 2.75) is 31.2 Å². The van der Waals surface area contributed by atoms with E-state index in [1.54, 1.807) is 11.8 Å². The number of benzene rings is 2. The zero-order chi connectivity index (χ0) is 23.0. The largest absolute Gasteiger partial charge is 0.491 e. The molecule has 8 nitrogen and oxygen atoms in total. The molecule has 4 rings (SSSR count). The summed E-state index contributed by atoms with van der Waals surface area (Å²) in [5, 5.41) is 7.96. The van der Waals surface area contributed by atoms with Crippen LogP contribution in [0.1, 0.15) is 40.4 Å². The molecular formula is C22H23FN4O4S. The van der Waals surface area contributed by atoms with Gasteiger partial charge in [0.15, 0.2) is 9.84 Å². The molecule has 168 valence electrons. The van der Waals surface area contributed by atoms with Gasteiger partial charge in [0.25, 0.3) is 5.91 Å². The van der Waals surface area contributed by atoms with Gasteiger partial charge in [0.05, 0.1) is 18.7 Å². The Bertz CT molecular complexity index is 1270. The van der Waals surface area contributed by atoms with E-state index in [-0.39, 0.29) is 36.6 Å². The highest BCUT2D eigenvalue weighted by Gasteiger charge is 2.27. The van der Waals surface area contributed by atoms with Crippen LogP contribution in [0.4, 0.5) is 4.39 Å². The van der Waals surface area contributed by atoms with Crippen molar-refractivity contribution >= 4 is 27.3 Å². The minimum absolute atomic E-state index is 0.0880. The Labute approximate surface area is 185 Å². The molecule has 2 heterocycles. The summed E-state index contributed by atoms with van der Waals surface area (Å²) >= 11 is 0. The molecule has 0 spiro atoms. The number of halogens is 1. The first-order valence-corrected chi connectivity index (χ1v) is 12.0. The Kier molecular flexibility index (Phi) is 5.72. The van der Waals surface area contributed by atoms with Crippen LogP contribution in [-0.2, 0) is 22.8 Å². The Hall–Kier alpha value is -3.27. The molecule has 2 N–H and O–H groups in total. The van der Waals surface area contributed by atoms with Gasteiger partial charge in [0, 0.05) is 29.5 Å². The highest BCUT2D eigenvalue weighted by Crippen LogP contribution is 2.28. The molecular weight excluding hydrogens is 435 g/mol. The lowest BCUT2D eigenvalue weighted by molar-refractivity contribution is 0.0731. The van der Waals surface area contributed by atoms with Crippen LogP contribution in [-0.4, -0.2) is 50.2 Å². The molecule has 0 bridgehead atoms. The summed E-state index contributed by atoms with van der Waals surface area (Å²) in [4.78, 5) is 14.5. The second kappa shape index (κ2) is 8.34. The third-order valence-corrected chi connectivity index (χ3v) is 6.61. The average Bonchev–Trinajstić information content (AvgIpc) is 3.06. The predicted octanol–water partition coefficient (Wildman–Crippen LogP) is 2.29. The van der Waals surface area contributed by atoms with Gasteiger partial charge >= 0.3 is 0 Å². The molecule has 0 unspecified atom stereocenters. The van der Waals surface area contributed by atoms with Gasteiger partial charge in [0.2, 0.25) is 0 Å². The third kappa shape index (κ3) is 4.10. The van der Waals surface area contributed by atoms with E-state index in [0.29, 0.717) is 24.6 Å². The normalized spacial score (nSPS) is 16.0. The Morgan fingerprint density at radius 2 is 2.03 bits per heavy atom. The third-order valence-electron chi connectivity index (χ3n) is 5.50. The highest BCUT2D eigenvalue weighted by molar-refractivity contribution is 7.90. The van der Waals surface area contributed by atoms with Gasteiger partial charge in [-0.2, -0.15) is 5.10 Å². The van der Waals surface area contributed by atoms with Crippen molar-refractivity contribution in [3.8, 4) is 5.75 Å². The fourth-order valence-electron chi connectivity index (χ4n) is 3.88. The standard InChI is InChI=1S/C22H23FN4O4S/c1-3-15-16(5-7-19(21(15)23)32(2,29)30)22(28)27-8-9-31-18-6-4-13(10-14(18)12-27)17-11-20(24)26-25-17/h4-7,10H,3,8-9,11-12H2,1-2H3,(H2,24,26). The van der Waals surface area contributed by atoms with E-state index in [0.717, 1.165) is 29.2 Å². The number of nitrogens with zero attached hydrogens (tertiary/aromatic N) is 3. The zero-order valence-corrected chi connectivity index (χ0v) is 18.6. The van der Waals surface area contributed by atoms with Gasteiger partial charge in [-0.15, -0.1) is 5.10 Å². The van der Waals surface area contributed by atoms with Crippen molar-refractivity contribution < 1.29 is 22.3 Å². The van der Waals surface area contributed by atoms with E-state index in [9.17, 15) is 17.6 Å². The minimum atomic E-state index is -3.75. The van der Waals surface area contributed by atoms with Gasteiger partial charge in [-0.1, -0.05) is 6.92 Å². The monoisotopic (exact) mass is 458 g/mol. The molecule has 0 aliphatic carbocycles. The number of amidine groups is 1. The van der Waals surface area contributed by atoms with E-state index >= 15 is 0 Å². The molecule has 2 aliphatic heterocycles. The molecule has 2 aliphatic rings. The molecule has 2 aromatic rings. The van der Waals surface area contributed by atoms with Gasteiger partial charge < -0.3 is 15.4 Å². The summed E-state index contributed by atoms with van der Waals surface area (Å²) in [6, 6.07) is 8.13. The van der Waals surface area contributed by atoms with Crippen molar-refractivity contribution in [2.75, 3.05) is 19.4 Å². The first kappa shape index (κ1) is 21.9. The first-order chi connectivity index (χ1) is 15.2. The average molecular weight is 459 g/mol. The summed E-state index contributed by atoms with van der Waals surface area (Å²) < 4.78 is 44.5. The van der Waals surface area contributed by atoms with Gasteiger partial charge in [-0.05, 0) is 42.3 Å². The molecule has 0 fully saturated rings. The van der Waals surface area contributed by atoms with E-state index in [4.69, 9.17) is 10.5 Å². The molecule has 0 aromatic heterocycles. The maximum absolute atomic E-state index is 14.9. The summed E-state index contributed by atoms with van der Waals surface area (Å²) in [6.07, 6.45) is 1.58. The molecule has 1 amide bonds. The molecule has 2 aromatic carbocycles. The summed E-state index contributed by atoms with van der Waals surface area (Å²) in [5.74, 6) is -0.152. The molecule has 10 heteroatoms. The van der Waals surface area contributed by atoms with E-state index in [1.807, 2.05) is 18.2 Å². The lowest BCUT2D eigenvalue weighted by atomic mass is 10.0. The second-order valence-electron chi connectivity index (χ2n) is 7.74. The Morgan fingerprint density at radius 3 is 2.69 bits per heavy atom. The SMILES string of the molecule is CCc1c(C(=O)N2CCOc3ccc(C4=NN=C(N)C4)cc3C2)ccc(S(C)(=O)=O)c1F. The number of hydrogen-bond donors (Lipinski definition) is 1. The van der Waals surface area contributed by atoms with Crippen LogP contribution < -0.4 is 10.5 Å². The van der Waals surface area contributed by atoms with Crippen molar-refractivity contribution in [2.24, 2.45) is 15.9 Å². The smallest absolute Gasteiger partial charge is 0.254 e. The van der Waals surface area contributed by atoms with Crippen LogP contribution in [0.5, 0.6) is 5.75 Å². The van der Waals surface area contributed by atoms with Gasteiger partial charge in [-0.25, -0.2) is 12.8 Å². The lowest BCUT2D eigenvalue weighted by Crippen LogP contribution is -2.33. The maximum Gasteiger partial charge on any atom is 0.254 e. The number of carbonyl (C=O) groups excluding carboxylic acids is 1. The van der Waals surface area contributed by atoms with Crippen LogP contribution in [0.3, 0.4) is 0 Å². The number of hydrogen-bond acceptors (Lipinski definition) is 7. The minimum Gasteiger partial charge on any atom is -0.491 e. The zero-order valence-electron chi connectivity index (χ0n) is 17.8. The fraction of sp³-hybridized carbons (Fsp3) is 0.318. The van der Waals surface area contributed by atoms with E-state index in [1.165, 1.54) is 6.07 Å². The highest BCUT2D eigenvalue weighted by atomic mass is 32.2. The van der Waals surface area contributed by atoms with E-state index in [2.05, 4.69) is 10.2 Å². The summed E-state index contributed by atoms with van der Waals surface area (Å²) in [7, 11) is -3.75. The summed E-state index contributed by atoms with van der Waals surface area (Å²) in [5.41, 5.74) is 8.31. The number of fused-ring (bicyclic) bond motifs is 1. The van der Waals surface area contributed by atoms with Crippen molar-refractivity contribution in [3.63, 3.8) is 0 Å². The molecule has 0 atom stereocenters. The molecule has 0 saturated heterocycles. The number of amides is 1. The maximum atomic E-state index is 14.9. The number of nitrogens with two attached hydrogens (primary N) is 1. The number of sulfone groups is 1. The lowest BCUT2D eigenvalue weighted by Gasteiger charge is -2.22. The Balaban J connectivity index is 1.66. The van der Waals surface area contributed by atoms with E-state index < -0.39 is 20.5 Å². The fourth-order valence-corrected chi connectivity index (χ4v) is 4.64. The number of carbonyl (C=O) groups is 1. The van der Waals surface area contributed by atoms with Crippen molar-refractivity contribution in [1.82, 2.24) is 4.90 Å². The molecule has 32 heavy (non-hydrogen) atoms. The summed E-state index contributed by atoms with van der Waals surface area (Å²) in [6.45, 7) is 2.52. The van der Waals surface area contributed by atoms with Crippen LogP contribution in [0, 0.1) is 5.82 Å². The van der Waals surface area contributed by atoms with Gasteiger partial charge in [0.1, 0.15) is 28.9 Å². The molecule has 0 saturated carbocycles. The van der Waals surface area contributed by atoms with Crippen LogP contribution in [0.25, 0.3) is 0 Å². The van der Waals surface area contributed by atoms with Crippen molar-refractivity contribution in [1.29, 1.82) is 0 Å². The van der Waals surface area contributed by atoms with Crippen LogP contribution >= 0.6 is 0 Å². The van der Waals surface area contributed by atoms with Crippen LogP contribution in [0.15, 0.2) is 45.4 Å². The Morgan fingerprint density at radius 1 is 1.25 bits per heavy atom. The second-order valence-corrected chi connectivity index (χ2v) is 9.73. The quantitative estimate of drug-likeness (QED) is 0.755. The van der Waals surface area contributed by atoms with Crippen LogP contribution in [0.2, 0.25) is 0 Å².